The van der Waals surface area contributed by atoms with Crippen LogP contribution in [0, 0.1) is 5.92 Å². The molecular formula is C22H26N4O2S. The quantitative estimate of drug-likeness (QED) is 0.616. The van der Waals surface area contributed by atoms with E-state index >= 15 is 0 Å². The first kappa shape index (κ1) is 19.6. The number of carbonyl (C=O) groups is 2. The van der Waals surface area contributed by atoms with Crippen LogP contribution in [0.3, 0.4) is 0 Å². The first-order valence-corrected chi connectivity index (χ1v) is 11.0. The predicted molar refractivity (Wildman–Crippen MR) is 115 cm³/mol. The number of imidazole rings is 1. The van der Waals surface area contributed by atoms with Crippen LogP contribution in [0.1, 0.15) is 59.5 Å². The molecule has 0 spiro atoms. The first-order valence-electron chi connectivity index (χ1n) is 10.2. The smallest absolute Gasteiger partial charge is 0.263 e. The van der Waals surface area contributed by atoms with E-state index in [4.69, 9.17) is 0 Å². The lowest BCUT2D eigenvalue weighted by atomic mass is 10.2. The van der Waals surface area contributed by atoms with Crippen molar-refractivity contribution < 1.29 is 9.59 Å². The fraction of sp³-hybridized carbons (Fsp3) is 0.409. The minimum absolute atomic E-state index is 0.0465. The summed E-state index contributed by atoms with van der Waals surface area (Å²) in [6, 6.07) is 11.6. The van der Waals surface area contributed by atoms with Crippen LogP contribution in [-0.4, -0.2) is 39.8 Å². The number of carbonyl (C=O) groups excluding carboxylic acids is 2. The number of nitrogens with one attached hydrogen (secondary N) is 2. The number of amides is 2. The maximum Gasteiger partial charge on any atom is 0.263 e. The molecule has 1 aromatic carbocycles. The number of H-pyrrole nitrogens is 1. The van der Waals surface area contributed by atoms with Gasteiger partial charge in [0, 0.05) is 29.8 Å². The molecule has 6 nitrogen and oxygen atoms in total. The molecule has 2 amide bonds. The summed E-state index contributed by atoms with van der Waals surface area (Å²) < 4.78 is 0. The SMILES string of the molecule is CCN(CC)C(=O)c1ccc([C@@H](C)NC(=O)C2CC2c2nc3ccccc3[nH]2)s1. The van der Waals surface area contributed by atoms with E-state index in [1.807, 2.05) is 57.2 Å². The Kier molecular flexibility index (Phi) is 5.41. The highest BCUT2D eigenvalue weighted by Crippen LogP contribution is 2.47. The number of aromatic nitrogens is 2. The molecule has 1 fully saturated rings. The second kappa shape index (κ2) is 7.99. The van der Waals surface area contributed by atoms with Crippen LogP contribution in [0.2, 0.25) is 0 Å². The highest BCUT2D eigenvalue weighted by Gasteiger charge is 2.46. The molecule has 152 valence electrons. The largest absolute Gasteiger partial charge is 0.349 e. The van der Waals surface area contributed by atoms with E-state index in [1.165, 1.54) is 11.3 Å². The molecule has 3 atom stereocenters. The molecule has 1 aliphatic rings. The summed E-state index contributed by atoms with van der Waals surface area (Å²) in [5, 5.41) is 3.11. The fourth-order valence-electron chi connectivity index (χ4n) is 3.69. The van der Waals surface area contributed by atoms with Gasteiger partial charge < -0.3 is 15.2 Å². The summed E-state index contributed by atoms with van der Waals surface area (Å²) >= 11 is 1.46. The second-order valence-electron chi connectivity index (χ2n) is 7.50. The standard InChI is InChI=1S/C22H26N4O2S/c1-4-26(5-2)22(28)19-11-10-18(29-19)13(3)23-21(27)15-12-14(15)20-24-16-8-6-7-9-17(16)25-20/h6-11,13-15H,4-5,12H2,1-3H3,(H,23,27)(H,24,25)/t13-,14?,15?/m1/s1. The number of hydrogen-bond donors (Lipinski definition) is 2. The summed E-state index contributed by atoms with van der Waals surface area (Å²) in [4.78, 5) is 36.7. The minimum atomic E-state index is -0.123. The summed E-state index contributed by atoms with van der Waals surface area (Å²) in [6.45, 7) is 7.31. The average molecular weight is 411 g/mol. The lowest BCUT2D eigenvalue weighted by Gasteiger charge is -2.17. The zero-order valence-corrected chi connectivity index (χ0v) is 17.8. The summed E-state index contributed by atoms with van der Waals surface area (Å²) in [6.07, 6.45) is 0.814. The van der Waals surface area contributed by atoms with Gasteiger partial charge in [0.25, 0.3) is 5.91 Å². The molecule has 2 unspecified atom stereocenters. The van der Waals surface area contributed by atoms with Crippen molar-refractivity contribution in [2.45, 2.75) is 39.2 Å². The zero-order valence-electron chi connectivity index (χ0n) is 16.9. The van der Waals surface area contributed by atoms with E-state index in [0.29, 0.717) is 13.1 Å². The molecule has 2 aromatic heterocycles. The number of hydrogen-bond acceptors (Lipinski definition) is 4. The van der Waals surface area contributed by atoms with E-state index in [9.17, 15) is 9.59 Å². The third-order valence-corrected chi connectivity index (χ3v) is 6.82. The number of nitrogens with zero attached hydrogens (tertiary/aromatic N) is 2. The third-order valence-electron chi connectivity index (χ3n) is 5.56. The van der Waals surface area contributed by atoms with Crippen LogP contribution in [-0.2, 0) is 4.79 Å². The molecule has 4 rings (SSSR count). The number of fused-ring (bicyclic) bond motifs is 1. The zero-order chi connectivity index (χ0) is 20.5. The van der Waals surface area contributed by atoms with Crippen molar-refractivity contribution in [2.75, 3.05) is 13.1 Å². The van der Waals surface area contributed by atoms with Crippen LogP contribution in [0.15, 0.2) is 36.4 Å². The fourth-order valence-corrected chi connectivity index (χ4v) is 4.67. The van der Waals surface area contributed by atoms with E-state index < -0.39 is 0 Å². The first-order chi connectivity index (χ1) is 14.0. The van der Waals surface area contributed by atoms with Crippen LogP contribution in [0.4, 0.5) is 0 Å². The molecule has 2 N–H and O–H groups in total. The molecule has 0 radical (unpaired) electrons. The van der Waals surface area contributed by atoms with Gasteiger partial charge >= 0.3 is 0 Å². The van der Waals surface area contributed by atoms with Crippen molar-refractivity contribution in [3.8, 4) is 0 Å². The van der Waals surface area contributed by atoms with Gasteiger partial charge in [0.05, 0.1) is 22.0 Å². The van der Waals surface area contributed by atoms with Crippen molar-refractivity contribution >= 4 is 34.2 Å². The lowest BCUT2D eigenvalue weighted by molar-refractivity contribution is -0.123. The highest BCUT2D eigenvalue weighted by molar-refractivity contribution is 7.14. The predicted octanol–water partition coefficient (Wildman–Crippen LogP) is 4.09. The Bertz CT molecular complexity index is 1000. The molecule has 0 bridgehead atoms. The number of aromatic amines is 1. The minimum Gasteiger partial charge on any atom is -0.349 e. The molecule has 7 heteroatoms. The van der Waals surface area contributed by atoms with Gasteiger partial charge in [-0.25, -0.2) is 4.98 Å². The van der Waals surface area contributed by atoms with Gasteiger partial charge in [-0.3, -0.25) is 9.59 Å². The van der Waals surface area contributed by atoms with E-state index in [2.05, 4.69) is 15.3 Å². The van der Waals surface area contributed by atoms with E-state index in [0.717, 1.165) is 33.0 Å². The van der Waals surface area contributed by atoms with Gasteiger partial charge in [-0.05, 0) is 51.5 Å². The molecule has 3 aromatic rings. The number of thiophene rings is 1. The normalized spacial score (nSPS) is 19.1. The second-order valence-corrected chi connectivity index (χ2v) is 8.61. The van der Waals surface area contributed by atoms with Crippen molar-refractivity contribution in [2.24, 2.45) is 5.92 Å². The molecule has 0 saturated heterocycles. The molecule has 1 aliphatic carbocycles. The Balaban J connectivity index is 1.37. The molecule has 0 aliphatic heterocycles. The number of para-hydroxylation sites is 2. The Morgan fingerprint density at radius 2 is 2.00 bits per heavy atom. The maximum absolute atomic E-state index is 12.7. The third kappa shape index (κ3) is 3.92. The number of benzene rings is 1. The van der Waals surface area contributed by atoms with Crippen molar-refractivity contribution in [3.05, 3.63) is 52.0 Å². The Hall–Kier alpha value is -2.67. The van der Waals surface area contributed by atoms with Crippen molar-refractivity contribution in [3.63, 3.8) is 0 Å². The van der Waals surface area contributed by atoms with Gasteiger partial charge in [0.15, 0.2) is 0 Å². The molecule has 2 heterocycles. The van der Waals surface area contributed by atoms with Crippen LogP contribution < -0.4 is 5.32 Å². The van der Waals surface area contributed by atoms with E-state index in [1.54, 1.807) is 4.90 Å². The van der Waals surface area contributed by atoms with E-state index in [-0.39, 0.29) is 29.7 Å². The Labute approximate surface area is 174 Å². The van der Waals surface area contributed by atoms with Crippen molar-refractivity contribution in [1.82, 2.24) is 20.2 Å². The van der Waals surface area contributed by atoms with Gasteiger partial charge in [-0.1, -0.05) is 12.1 Å². The summed E-state index contributed by atoms with van der Waals surface area (Å²) in [5.41, 5.74) is 1.94. The lowest BCUT2D eigenvalue weighted by Crippen LogP contribution is -2.29. The topological polar surface area (TPSA) is 78.1 Å². The van der Waals surface area contributed by atoms with Crippen LogP contribution in [0.25, 0.3) is 11.0 Å². The van der Waals surface area contributed by atoms with Crippen LogP contribution in [0.5, 0.6) is 0 Å². The molecular weight excluding hydrogens is 384 g/mol. The maximum atomic E-state index is 12.7. The number of rotatable bonds is 7. The Morgan fingerprint density at radius 3 is 2.72 bits per heavy atom. The van der Waals surface area contributed by atoms with Gasteiger partial charge in [0.1, 0.15) is 5.82 Å². The van der Waals surface area contributed by atoms with Gasteiger partial charge in [0.2, 0.25) is 5.91 Å². The van der Waals surface area contributed by atoms with Crippen LogP contribution >= 0.6 is 11.3 Å². The summed E-state index contributed by atoms with van der Waals surface area (Å²) in [7, 11) is 0. The average Bonchev–Trinajstić information content (AvgIpc) is 3.17. The monoisotopic (exact) mass is 410 g/mol. The molecule has 29 heavy (non-hydrogen) atoms. The molecule has 1 saturated carbocycles. The van der Waals surface area contributed by atoms with Gasteiger partial charge in [-0.15, -0.1) is 11.3 Å². The highest BCUT2D eigenvalue weighted by atomic mass is 32.1. The summed E-state index contributed by atoms with van der Waals surface area (Å²) in [5.74, 6) is 1.10. The Morgan fingerprint density at radius 1 is 1.24 bits per heavy atom. The van der Waals surface area contributed by atoms with Crippen molar-refractivity contribution in [1.29, 1.82) is 0 Å². The van der Waals surface area contributed by atoms with Gasteiger partial charge in [-0.2, -0.15) is 0 Å².